The second kappa shape index (κ2) is 10.7. The van der Waals surface area contributed by atoms with Crippen molar-refractivity contribution in [3.63, 3.8) is 0 Å². The number of rotatable bonds is 6. The summed E-state index contributed by atoms with van der Waals surface area (Å²) in [6.07, 6.45) is 3.06. The molecule has 0 radical (unpaired) electrons. The number of oxazole rings is 1. The highest BCUT2D eigenvalue weighted by Crippen LogP contribution is 2.40. The van der Waals surface area contributed by atoms with Gasteiger partial charge in [0.05, 0.1) is 6.20 Å². The molecule has 0 spiro atoms. The first-order valence-electron chi connectivity index (χ1n) is 12.6. The lowest BCUT2D eigenvalue weighted by molar-refractivity contribution is -0.274. The average Bonchev–Trinajstić information content (AvgIpc) is 3.34. The highest BCUT2D eigenvalue weighted by atomic mass is 127. The Morgan fingerprint density at radius 2 is 1.81 bits per heavy atom. The van der Waals surface area contributed by atoms with E-state index in [2.05, 4.69) is 66.8 Å². The average molecular weight is 626 g/mol. The quantitative estimate of drug-likeness (QED) is 0.293. The van der Waals surface area contributed by atoms with Crippen LogP contribution in [0.25, 0.3) is 11.3 Å². The van der Waals surface area contributed by atoms with Gasteiger partial charge in [-0.2, -0.15) is 0 Å². The van der Waals surface area contributed by atoms with Crippen LogP contribution in [-0.4, -0.2) is 36.0 Å². The van der Waals surface area contributed by atoms with Gasteiger partial charge in [-0.1, -0.05) is 12.8 Å². The first-order chi connectivity index (χ1) is 17.7. The minimum absolute atomic E-state index is 0.0111. The summed E-state index contributed by atoms with van der Waals surface area (Å²) in [5.41, 5.74) is 8.66. The van der Waals surface area contributed by atoms with Crippen LogP contribution in [-0.2, 0) is 0 Å². The number of nitrogens with zero attached hydrogens (tertiary/aromatic N) is 2. The number of ether oxygens (including phenoxy) is 1. The minimum atomic E-state index is -4.73. The van der Waals surface area contributed by atoms with Crippen LogP contribution in [0.4, 0.5) is 24.9 Å². The summed E-state index contributed by atoms with van der Waals surface area (Å²) in [6.45, 7) is 1.94. The van der Waals surface area contributed by atoms with Gasteiger partial charge in [0.1, 0.15) is 5.75 Å². The molecular weight excluding hydrogens is 596 g/mol. The fourth-order valence-electron chi connectivity index (χ4n) is 5.66. The van der Waals surface area contributed by atoms with Gasteiger partial charge < -0.3 is 25.1 Å². The Morgan fingerprint density at radius 1 is 1.05 bits per heavy atom. The van der Waals surface area contributed by atoms with Crippen LogP contribution in [0.5, 0.6) is 5.75 Å². The summed E-state index contributed by atoms with van der Waals surface area (Å²) in [4.78, 5) is 6.84. The monoisotopic (exact) mass is 626 g/mol. The van der Waals surface area contributed by atoms with E-state index in [1.54, 1.807) is 6.20 Å². The predicted molar refractivity (Wildman–Crippen MR) is 146 cm³/mol. The molecule has 10 heteroatoms. The number of piperidine rings is 1. The number of hydrogen-bond donors (Lipinski definition) is 2. The van der Waals surface area contributed by atoms with Gasteiger partial charge in [-0.25, -0.2) is 4.98 Å². The van der Waals surface area contributed by atoms with Crippen molar-refractivity contribution < 1.29 is 22.3 Å². The molecule has 0 bridgehead atoms. The minimum Gasteiger partial charge on any atom is -0.424 e. The molecule has 3 atom stereocenters. The van der Waals surface area contributed by atoms with E-state index < -0.39 is 11.9 Å². The van der Waals surface area contributed by atoms with Crippen LogP contribution in [0.2, 0.25) is 0 Å². The van der Waals surface area contributed by atoms with E-state index in [0.717, 1.165) is 51.6 Å². The number of benzene rings is 2. The lowest BCUT2D eigenvalue weighted by Crippen LogP contribution is -2.63. The van der Waals surface area contributed by atoms with E-state index in [0.29, 0.717) is 23.3 Å². The molecule has 3 N–H and O–H groups in total. The number of nitrogens with two attached hydrogens (primary N) is 1. The lowest BCUT2D eigenvalue weighted by Gasteiger charge is -2.50. The number of alkyl halides is 3. The zero-order valence-electron chi connectivity index (χ0n) is 20.3. The Morgan fingerprint density at radius 3 is 2.54 bits per heavy atom. The molecule has 2 fully saturated rings. The number of anilines is 2. The number of nitrogens with one attached hydrogen (secondary N) is 1. The summed E-state index contributed by atoms with van der Waals surface area (Å²) in [7, 11) is 0. The largest absolute Gasteiger partial charge is 0.573 e. The lowest BCUT2D eigenvalue weighted by atomic mass is 9.67. The molecule has 2 aromatic carbocycles. The van der Waals surface area contributed by atoms with E-state index in [1.165, 1.54) is 33.5 Å². The summed E-state index contributed by atoms with van der Waals surface area (Å²) in [6, 6.07) is 14.6. The Balaban J connectivity index is 1.28. The maximum Gasteiger partial charge on any atom is 0.573 e. The van der Waals surface area contributed by atoms with Crippen molar-refractivity contribution in [1.82, 2.24) is 4.98 Å². The molecule has 1 saturated heterocycles. The van der Waals surface area contributed by atoms with E-state index in [9.17, 15) is 13.2 Å². The Labute approximate surface area is 227 Å². The molecule has 3 aromatic rings. The van der Waals surface area contributed by atoms with Crippen molar-refractivity contribution in [3.8, 4) is 17.1 Å². The number of halogens is 4. The van der Waals surface area contributed by atoms with Gasteiger partial charge in [0.2, 0.25) is 0 Å². The van der Waals surface area contributed by atoms with E-state index >= 15 is 0 Å². The molecule has 6 nitrogen and oxygen atoms in total. The molecular formula is C27H30F3IN4O2. The van der Waals surface area contributed by atoms with Gasteiger partial charge in [-0.15, -0.1) is 13.2 Å². The van der Waals surface area contributed by atoms with Crippen molar-refractivity contribution in [3.05, 3.63) is 58.3 Å². The fourth-order valence-corrected chi connectivity index (χ4v) is 6.02. The van der Waals surface area contributed by atoms with Crippen molar-refractivity contribution in [1.29, 1.82) is 0 Å². The third-order valence-electron chi connectivity index (χ3n) is 7.55. The molecule has 1 aliphatic heterocycles. The van der Waals surface area contributed by atoms with Crippen LogP contribution >= 0.6 is 22.6 Å². The summed E-state index contributed by atoms with van der Waals surface area (Å²) < 4.78 is 48.4. The summed E-state index contributed by atoms with van der Waals surface area (Å²) in [5.74, 6) is 0.506. The first-order valence-corrected chi connectivity index (χ1v) is 13.7. The zero-order chi connectivity index (χ0) is 26.0. The van der Waals surface area contributed by atoms with E-state index in [4.69, 9.17) is 10.2 Å². The van der Waals surface area contributed by atoms with Crippen LogP contribution in [0.15, 0.2) is 59.1 Å². The molecule has 1 saturated carbocycles. The van der Waals surface area contributed by atoms with Crippen molar-refractivity contribution in [2.75, 3.05) is 23.3 Å². The normalized spacial score (nSPS) is 24.6. The van der Waals surface area contributed by atoms with Gasteiger partial charge in [0.25, 0.3) is 6.01 Å². The fraction of sp³-hybridized carbons (Fsp3) is 0.444. The van der Waals surface area contributed by atoms with Crippen LogP contribution in [0.1, 0.15) is 38.5 Å². The zero-order valence-corrected chi connectivity index (χ0v) is 22.5. The van der Waals surface area contributed by atoms with Gasteiger partial charge in [-0.3, -0.25) is 0 Å². The van der Waals surface area contributed by atoms with Crippen molar-refractivity contribution in [2.45, 2.75) is 56.5 Å². The molecule has 2 heterocycles. The van der Waals surface area contributed by atoms with Gasteiger partial charge >= 0.3 is 6.36 Å². The number of hydrogen-bond acceptors (Lipinski definition) is 6. The maximum atomic E-state index is 12.4. The SMILES string of the molecule is NC1([C@H]2CCCN(c3ccc(I)cc3)C2)CCCCC1Nc1ncc(-c2ccc(OC(F)(F)F)cc2)o1. The van der Waals surface area contributed by atoms with E-state index in [-0.39, 0.29) is 11.8 Å². The highest BCUT2D eigenvalue weighted by molar-refractivity contribution is 14.1. The Kier molecular flexibility index (Phi) is 7.58. The van der Waals surface area contributed by atoms with Crippen LogP contribution in [0.3, 0.4) is 0 Å². The molecule has 37 heavy (non-hydrogen) atoms. The van der Waals surface area contributed by atoms with Crippen LogP contribution in [0, 0.1) is 9.49 Å². The number of aromatic nitrogens is 1. The third-order valence-corrected chi connectivity index (χ3v) is 8.27. The maximum absolute atomic E-state index is 12.4. The molecule has 2 aliphatic rings. The van der Waals surface area contributed by atoms with E-state index in [1.807, 2.05) is 0 Å². The molecule has 1 aromatic heterocycles. The highest BCUT2D eigenvalue weighted by Gasteiger charge is 2.45. The summed E-state index contributed by atoms with van der Waals surface area (Å²) >= 11 is 2.33. The van der Waals surface area contributed by atoms with Crippen molar-refractivity contribution in [2.24, 2.45) is 11.7 Å². The molecule has 1 aliphatic carbocycles. The predicted octanol–water partition coefficient (Wildman–Crippen LogP) is 6.81. The Bertz CT molecular complexity index is 1190. The van der Waals surface area contributed by atoms with Gasteiger partial charge in [-0.05, 0) is 103 Å². The first kappa shape index (κ1) is 26.1. The molecule has 5 rings (SSSR count). The molecule has 198 valence electrons. The van der Waals surface area contributed by atoms with Crippen molar-refractivity contribution >= 4 is 34.3 Å². The molecule has 0 amide bonds. The Hall–Kier alpha value is -2.47. The second-order valence-electron chi connectivity index (χ2n) is 9.92. The second-order valence-corrected chi connectivity index (χ2v) is 11.2. The third kappa shape index (κ3) is 6.17. The standard InChI is InChI=1S/C27H30F3IN4O2/c28-27(29,30)37-22-12-6-18(7-13-22)23-16-33-25(36-23)34-24-5-1-2-14-26(24,32)19-4-3-15-35(17-19)21-10-8-20(31)9-11-21/h6-13,16,19,24H,1-5,14-15,17,32H2,(H,33,34)/t19-,24?,26?/m0/s1. The van der Waals surface area contributed by atoms with Gasteiger partial charge in [0.15, 0.2) is 5.76 Å². The smallest absolute Gasteiger partial charge is 0.424 e. The van der Waals surface area contributed by atoms with Gasteiger partial charge in [0, 0.05) is 39.5 Å². The summed E-state index contributed by atoms with van der Waals surface area (Å²) in [5, 5.41) is 3.47. The topological polar surface area (TPSA) is 76.5 Å². The van der Waals surface area contributed by atoms with Crippen LogP contribution < -0.4 is 20.7 Å². The molecule has 2 unspecified atom stereocenters.